The molecule has 0 aromatic carbocycles. The Labute approximate surface area is 182 Å². The molecular weight excluding hydrogens is 555 g/mol. The van der Waals surface area contributed by atoms with Crippen molar-refractivity contribution in [3.8, 4) is 0 Å². The third-order valence-corrected chi connectivity index (χ3v) is 6.88. The minimum atomic E-state index is -5.44. The maximum Gasteiger partial charge on any atom is 0.405 e. The third-order valence-electron chi connectivity index (χ3n) is 3.41. The van der Waals surface area contributed by atoms with Crippen LogP contribution in [0.3, 0.4) is 0 Å². The first-order valence-electron chi connectivity index (χ1n) is 8.11. The second kappa shape index (κ2) is 10.8. The van der Waals surface area contributed by atoms with Gasteiger partial charge in [0.15, 0.2) is 17.3 Å². The van der Waals surface area contributed by atoms with Crippen molar-refractivity contribution in [1.82, 2.24) is 0 Å². The first kappa shape index (κ1) is 32.1. The monoisotopic (exact) mass is 572 g/mol. The summed E-state index contributed by atoms with van der Waals surface area (Å²) in [6.45, 7) is -3.61. The molecule has 0 fully saturated rings. The molecule has 0 heterocycles. The van der Waals surface area contributed by atoms with E-state index in [-0.39, 0.29) is 0 Å². The average molecular weight is 572 g/mol. The lowest BCUT2D eigenvalue weighted by molar-refractivity contribution is -0.108. The normalized spacial score (nSPS) is 15.1. The molecule has 0 atom stereocenters. The number of rotatable bonds is 13. The lowest BCUT2D eigenvalue weighted by Crippen LogP contribution is -2.41. The van der Waals surface area contributed by atoms with Crippen LogP contribution in [0.25, 0.3) is 0 Å². The SMILES string of the molecule is CCC(COS(=O)(=O)CC(F)(F)F)(COS(=O)(=O)CC(F)(F)F)COS(=O)(=O)CC(F)(F)F. The van der Waals surface area contributed by atoms with Crippen molar-refractivity contribution in [2.75, 3.05) is 37.1 Å². The van der Waals surface area contributed by atoms with Gasteiger partial charge in [-0.05, 0) is 6.42 Å². The van der Waals surface area contributed by atoms with E-state index >= 15 is 0 Å². The molecule has 0 aromatic heterocycles. The molecule has 0 aliphatic heterocycles. The highest BCUT2D eigenvalue weighted by atomic mass is 32.2. The van der Waals surface area contributed by atoms with Gasteiger partial charge in [0.25, 0.3) is 30.4 Å². The first-order valence-corrected chi connectivity index (χ1v) is 12.8. The summed E-state index contributed by atoms with van der Waals surface area (Å²) in [4.78, 5) is 0. The summed E-state index contributed by atoms with van der Waals surface area (Å²) < 4.78 is 191. The summed E-state index contributed by atoms with van der Waals surface area (Å²) in [7, 11) is -16.3. The highest BCUT2D eigenvalue weighted by molar-refractivity contribution is 7.87. The Morgan fingerprint density at radius 1 is 0.515 bits per heavy atom. The van der Waals surface area contributed by atoms with Crippen LogP contribution in [0, 0.1) is 5.41 Å². The molecular formula is C12H17F9O9S3. The van der Waals surface area contributed by atoms with Crippen molar-refractivity contribution in [2.24, 2.45) is 5.41 Å². The number of hydrogen-bond donors (Lipinski definition) is 0. The van der Waals surface area contributed by atoms with E-state index in [0.717, 1.165) is 6.92 Å². The lowest BCUT2D eigenvalue weighted by atomic mass is 9.88. The maximum atomic E-state index is 12.3. The largest absolute Gasteiger partial charge is 0.405 e. The van der Waals surface area contributed by atoms with Gasteiger partial charge in [-0.1, -0.05) is 6.92 Å². The fourth-order valence-electron chi connectivity index (χ4n) is 1.80. The van der Waals surface area contributed by atoms with Crippen LogP contribution in [0.2, 0.25) is 0 Å². The van der Waals surface area contributed by atoms with Crippen LogP contribution in [0.4, 0.5) is 39.5 Å². The van der Waals surface area contributed by atoms with Crippen LogP contribution < -0.4 is 0 Å². The minimum absolute atomic E-state index is 0.683. The predicted molar refractivity (Wildman–Crippen MR) is 90.1 cm³/mol. The van der Waals surface area contributed by atoms with Crippen LogP contribution in [0.5, 0.6) is 0 Å². The standard InChI is InChI=1S/C12H17F9O9S3/c1-2-9(3-28-31(22,23)6-10(13,14)15,4-29-32(24,25)7-11(16,17)18)5-30-33(26,27)8-12(19,20)21/h2-8H2,1H3. The molecule has 200 valence electrons. The zero-order valence-electron chi connectivity index (χ0n) is 16.3. The molecule has 0 radical (unpaired) electrons. The molecule has 9 nitrogen and oxygen atoms in total. The van der Waals surface area contributed by atoms with Crippen molar-refractivity contribution in [3.05, 3.63) is 0 Å². The van der Waals surface area contributed by atoms with Gasteiger partial charge < -0.3 is 0 Å². The summed E-state index contributed by atoms with van der Waals surface area (Å²) in [6.07, 6.45) is -16.6. The Bertz CT molecular complexity index is 827. The Morgan fingerprint density at radius 3 is 0.879 bits per heavy atom. The van der Waals surface area contributed by atoms with E-state index in [0.29, 0.717) is 0 Å². The fourth-order valence-corrected chi connectivity index (χ4v) is 4.54. The van der Waals surface area contributed by atoms with Gasteiger partial charge in [-0.15, -0.1) is 0 Å². The molecule has 0 aliphatic rings. The maximum absolute atomic E-state index is 12.3. The zero-order chi connectivity index (χ0) is 26.6. The van der Waals surface area contributed by atoms with E-state index in [4.69, 9.17) is 0 Å². The molecule has 0 aliphatic carbocycles. The third kappa shape index (κ3) is 15.6. The average Bonchev–Trinajstić information content (AvgIpc) is 2.48. The molecule has 0 N–H and O–H groups in total. The van der Waals surface area contributed by atoms with Gasteiger partial charge in [-0.2, -0.15) is 64.8 Å². The molecule has 0 amide bonds. The number of alkyl halides is 9. The molecule has 0 saturated heterocycles. The predicted octanol–water partition coefficient (Wildman–Crippen LogP) is 2.11. The van der Waals surface area contributed by atoms with Crippen molar-refractivity contribution in [1.29, 1.82) is 0 Å². The zero-order valence-corrected chi connectivity index (χ0v) is 18.7. The molecule has 0 bridgehead atoms. The molecule has 0 unspecified atom stereocenters. The van der Waals surface area contributed by atoms with Crippen molar-refractivity contribution >= 4 is 30.4 Å². The molecule has 0 saturated carbocycles. The second-order valence-corrected chi connectivity index (χ2v) is 11.5. The molecule has 33 heavy (non-hydrogen) atoms. The van der Waals surface area contributed by atoms with Crippen LogP contribution in [-0.4, -0.2) is 80.9 Å². The van der Waals surface area contributed by atoms with Gasteiger partial charge in [0.05, 0.1) is 19.8 Å². The smallest absolute Gasteiger partial charge is 0.269 e. The van der Waals surface area contributed by atoms with Crippen LogP contribution >= 0.6 is 0 Å². The van der Waals surface area contributed by atoms with Gasteiger partial charge in [0, 0.05) is 5.41 Å². The summed E-state index contributed by atoms with van der Waals surface area (Å²) >= 11 is 0. The van der Waals surface area contributed by atoms with E-state index in [9.17, 15) is 64.8 Å². The Hall–Kier alpha value is -0.900. The highest BCUT2D eigenvalue weighted by Crippen LogP contribution is 2.29. The Morgan fingerprint density at radius 2 is 0.727 bits per heavy atom. The van der Waals surface area contributed by atoms with E-state index in [1.807, 2.05) is 0 Å². The molecule has 0 aromatic rings. The fraction of sp³-hybridized carbons (Fsp3) is 1.00. The topological polar surface area (TPSA) is 130 Å². The van der Waals surface area contributed by atoms with Gasteiger partial charge in [-0.3, -0.25) is 12.5 Å². The molecule has 0 spiro atoms. The Balaban J connectivity index is 5.79. The number of halogens is 9. The highest BCUT2D eigenvalue weighted by Gasteiger charge is 2.43. The van der Waals surface area contributed by atoms with Gasteiger partial charge >= 0.3 is 18.5 Å². The minimum Gasteiger partial charge on any atom is -0.269 e. The van der Waals surface area contributed by atoms with Crippen LogP contribution in [-0.2, 0) is 42.9 Å². The second-order valence-electron chi connectivity index (χ2n) is 6.59. The van der Waals surface area contributed by atoms with E-state index in [1.165, 1.54) is 0 Å². The molecule has 0 rings (SSSR count). The van der Waals surface area contributed by atoms with Crippen molar-refractivity contribution < 1.29 is 77.3 Å². The summed E-state index contributed by atoms with van der Waals surface area (Å²) in [5.41, 5.74) is -2.42. The summed E-state index contributed by atoms with van der Waals surface area (Å²) in [6, 6.07) is 0. The van der Waals surface area contributed by atoms with E-state index in [2.05, 4.69) is 12.5 Å². The van der Waals surface area contributed by atoms with Crippen molar-refractivity contribution in [3.63, 3.8) is 0 Å². The number of hydrogen-bond acceptors (Lipinski definition) is 9. The lowest BCUT2D eigenvalue weighted by Gasteiger charge is -2.31. The van der Waals surface area contributed by atoms with E-state index in [1.54, 1.807) is 0 Å². The van der Waals surface area contributed by atoms with Gasteiger partial charge in [-0.25, -0.2) is 0 Å². The van der Waals surface area contributed by atoms with Gasteiger partial charge in [0.2, 0.25) is 0 Å². The quantitative estimate of drug-likeness (QED) is 0.241. The molecule has 21 heteroatoms. The summed E-state index contributed by atoms with van der Waals surface area (Å²) in [5, 5.41) is 0. The van der Waals surface area contributed by atoms with E-state index < -0.39 is 97.8 Å². The Kier molecular flexibility index (Phi) is 10.5. The first-order chi connectivity index (χ1) is 14.3. The van der Waals surface area contributed by atoms with Gasteiger partial charge in [0.1, 0.15) is 0 Å². The summed E-state index contributed by atoms with van der Waals surface area (Å²) in [5.74, 6) is -7.67. The van der Waals surface area contributed by atoms with Crippen molar-refractivity contribution in [2.45, 2.75) is 31.9 Å². The van der Waals surface area contributed by atoms with Crippen LogP contribution in [0.1, 0.15) is 13.3 Å². The van der Waals surface area contributed by atoms with Crippen LogP contribution in [0.15, 0.2) is 0 Å².